The van der Waals surface area contributed by atoms with E-state index in [0.29, 0.717) is 6.42 Å². The second-order valence-corrected chi connectivity index (χ2v) is 2.80. The molecule has 15 heavy (non-hydrogen) atoms. The van der Waals surface area contributed by atoms with E-state index >= 15 is 0 Å². The largest absolute Gasteiger partial charge is 0.508 e. The maximum Gasteiger partial charge on any atom is 0.508 e. The first kappa shape index (κ1) is 14.0. The van der Waals surface area contributed by atoms with E-state index in [4.69, 9.17) is 0 Å². The van der Waals surface area contributed by atoms with Crippen LogP contribution in [0.5, 0.6) is 0 Å². The fourth-order valence-electron chi connectivity index (χ4n) is 0.560. The van der Waals surface area contributed by atoms with Gasteiger partial charge in [-0.1, -0.05) is 13.3 Å². The third-order valence-corrected chi connectivity index (χ3v) is 1.42. The van der Waals surface area contributed by atoms with E-state index < -0.39 is 25.1 Å². The van der Waals surface area contributed by atoms with Gasteiger partial charge in [-0.25, -0.2) is 13.6 Å². The molecule has 0 bridgehead atoms. The molecule has 0 fully saturated rings. The third-order valence-electron chi connectivity index (χ3n) is 1.42. The SMILES string of the molecule is CCCCOC(=O)OCC(F)(F)C(F)F. The van der Waals surface area contributed by atoms with Gasteiger partial charge >= 0.3 is 18.5 Å². The van der Waals surface area contributed by atoms with E-state index in [9.17, 15) is 22.4 Å². The standard InChI is InChI=1S/C8H12F4O3/c1-2-3-4-14-7(13)15-5-8(11,12)6(9)10/h6H,2-5H2,1H3. The molecular formula is C8H12F4O3. The van der Waals surface area contributed by atoms with Crippen LogP contribution >= 0.6 is 0 Å². The second kappa shape index (κ2) is 6.47. The summed E-state index contributed by atoms with van der Waals surface area (Å²) in [5, 5.41) is 0. The Labute approximate surface area is 84.3 Å². The normalized spacial score (nSPS) is 11.6. The number of hydrogen-bond donors (Lipinski definition) is 0. The predicted molar refractivity (Wildman–Crippen MR) is 43.2 cm³/mol. The van der Waals surface area contributed by atoms with Crippen LogP contribution in [0.25, 0.3) is 0 Å². The Morgan fingerprint density at radius 1 is 1.33 bits per heavy atom. The molecule has 0 unspecified atom stereocenters. The molecule has 0 aromatic heterocycles. The van der Waals surface area contributed by atoms with Gasteiger partial charge in [0.05, 0.1) is 6.61 Å². The minimum atomic E-state index is -4.33. The van der Waals surface area contributed by atoms with Gasteiger partial charge in [0.1, 0.15) is 0 Å². The van der Waals surface area contributed by atoms with Crippen molar-refractivity contribution in [3.8, 4) is 0 Å². The number of unbranched alkanes of at least 4 members (excludes halogenated alkanes) is 1. The maximum absolute atomic E-state index is 12.2. The molecule has 0 aliphatic rings. The van der Waals surface area contributed by atoms with Crippen LogP contribution < -0.4 is 0 Å². The van der Waals surface area contributed by atoms with Gasteiger partial charge in [-0.3, -0.25) is 0 Å². The molecule has 0 aliphatic carbocycles. The number of ether oxygens (including phenoxy) is 2. The molecule has 0 aliphatic heterocycles. The molecule has 0 N–H and O–H groups in total. The van der Waals surface area contributed by atoms with E-state index in [2.05, 4.69) is 9.47 Å². The summed E-state index contributed by atoms with van der Waals surface area (Å²) in [6, 6.07) is 0. The second-order valence-electron chi connectivity index (χ2n) is 2.80. The first-order valence-electron chi connectivity index (χ1n) is 4.35. The Kier molecular flexibility index (Phi) is 6.03. The molecular weight excluding hydrogens is 220 g/mol. The van der Waals surface area contributed by atoms with Crippen LogP contribution in [0.3, 0.4) is 0 Å². The summed E-state index contributed by atoms with van der Waals surface area (Å²) >= 11 is 0. The molecule has 0 spiro atoms. The highest BCUT2D eigenvalue weighted by Gasteiger charge is 2.42. The van der Waals surface area contributed by atoms with Crippen molar-refractivity contribution in [2.75, 3.05) is 13.2 Å². The highest BCUT2D eigenvalue weighted by molar-refractivity contribution is 5.59. The van der Waals surface area contributed by atoms with Crippen molar-refractivity contribution in [3.63, 3.8) is 0 Å². The molecule has 0 saturated carbocycles. The molecule has 0 rings (SSSR count). The molecule has 0 radical (unpaired) electrons. The molecule has 0 aromatic carbocycles. The molecule has 0 amide bonds. The van der Waals surface area contributed by atoms with E-state index in [1.165, 1.54) is 0 Å². The van der Waals surface area contributed by atoms with Crippen molar-refractivity contribution in [3.05, 3.63) is 0 Å². The van der Waals surface area contributed by atoms with Crippen LogP contribution in [-0.2, 0) is 9.47 Å². The van der Waals surface area contributed by atoms with Crippen LogP contribution in [-0.4, -0.2) is 31.7 Å². The van der Waals surface area contributed by atoms with Crippen LogP contribution in [0.15, 0.2) is 0 Å². The summed E-state index contributed by atoms with van der Waals surface area (Å²) in [5.41, 5.74) is 0. The number of alkyl halides is 4. The smallest absolute Gasteiger partial charge is 0.434 e. The van der Waals surface area contributed by atoms with Gasteiger partial charge in [0.2, 0.25) is 0 Å². The molecule has 0 aromatic rings. The van der Waals surface area contributed by atoms with Crippen molar-refractivity contribution in [1.82, 2.24) is 0 Å². The number of halogens is 4. The quantitative estimate of drug-likeness (QED) is 0.401. The number of carbonyl (C=O) groups is 1. The minimum absolute atomic E-state index is 0.0234. The average Bonchev–Trinajstić information content (AvgIpc) is 2.15. The van der Waals surface area contributed by atoms with Crippen molar-refractivity contribution >= 4 is 6.16 Å². The van der Waals surface area contributed by atoms with Gasteiger partial charge in [0.15, 0.2) is 6.61 Å². The maximum atomic E-state index is 12.2. The van der Waals surface area contributed by atoms with Gasteiger partial charge in [0, 0.05) is 0 Å². The third kappa shape index (κ3) is 6.14. The lowest BCUT2D eigenvalue weighted by atomic mass is 10.4. The molecule has 3 nitrogen and oxygen atoms in total. The van der Waals surface area contributed by atoms with Crippen molar-refractivity contribution < 1.29 is 31.8 Å². The Balaban J connectivity index is 3.71. The van der Waals surface area contributed by atoms with E-state index in [-0.39, 0.29) is 6.61 Å². The van der Waals surface area contributed by atoms with Gasteiger partial charge in [0.25, 0.3) is 0 Å². The molecule has 90 valence electrons. The average molecular weight is 232 g/mol. The van der Waals surface area contributed by atoms with Crippen LogP contribution in [0.2, 0.25) is 0 Å². The number of rotatable bonds is 6. The van der Waals surface area contributed by atoms with E-state index in [0.717, 1.165) is 6.42 Å². The molecule has 0 saturated heterocycles. The topological polar surface area (TPSA) is 35.5 Å². The van der Waals surface area contributed by atoms with Crippen molar-refractivity contribution in [1.29, 1.82) is 0 Å². The monoisotopic (exact) mass is 232 g/mol. The zero-order valence-electron chi connectivity index (χ0n) is 8.14. The Hall–Kier alpha value is -1.01. The van der Waals surface area contributed by atoms with Gasteiger partial charge in [-0.2, -0.15) is 8.78 Å². The summed E-state index contributed by atoms with van der Waals surface area (Å²) in [5.74, 6) is -4.33. The van der Waals surface area contributed by atoms with Gasteiger partial charge in [-0.15, -0.1) is 0 Å². The Morgan fingerprint density at radius 2 is 1.93 bits per heavy atom. The minimum Gasteiger partial charge on any atom is -0.434 e. The predicted octanol–water partition coefficient (Wildman–Crippen LogP) is 2.84. The first-order valence-corrected chi connectivity index (χ1v) is 4.35. The highest BCUT2D eigenvalue weighted by Crippen LogP contribution is 2.22. The summed E-state index contributed by atoms with van der Waals surface area (Å²) in [6.07, 6.45) is -3.91. The van der Waals surface area contributed by atoms with Crippen LogP contribution in [0.1, 0.15) is 19.8 Å². The lowest BCUT2D eigenvalue weighted by Gasteiger charge is -2.14. The molecule has 7 heteroatoms. The Morgan fingerprint density at radius 3 is 2.40 bits per heavy atom. The summed E-state index contributed by atoms with van der Waals surface area (Å²) in [6.45, 7) is 0.185. The first-order chi connectivity index (χ1) is 6.90. The van der Waals surface area contributed by atoms with Gasteiger partial charge < -0.3 is 9.47 Å². The fraction of sp³-hybridized carbons (Fsp3) is 0.875. The Bertz CT molecular complexity index is 196. The fourth-order valence-corrected chi connectivity index (χ4v) is 0.560. The summed E-state index contributed by atoms with van der Waals surface area (Å²) in [7, 11) is 0. The van der Waals surface area contributed by atoms with Crippen LogP contribution in [0.4, 0.5) is 22.4 Å². The number of carbonyl (C=O) groups excluding carboxylic acids is 1. The molecule has 0 atom stereocenters. The van der Waals surface area contributed by atoms with Crippen LogP contribution in [0, 0.1) is 0 Å². The number of hydrogen-bond acceptors (Lipinski definition) is 3. The van der Waals surface area contributed by atoms with E-state index in [1.807, 2.05) is 6.92 Å². The lowest BCUT2D eigenvalue weighted by molar-refractivity contribution is -0.158. The highest BCUT2D eigenvalue weighted by atomic mass is 19.3. The summed E-state index contributed by atoms with van der Waals surface area (Å²) < 4.78 is 55.7. The summed E-state index contributed by atoms with van der Waals surface area (Å²) in [4.78, 5) is 10.6. The zero-order chi connectivity index (χ0) is 11.9. The molecule has 0 heterocycles. The van der Waals surface area contributed by atoms with Crippen molar-refractivity contribution in [2.24, 2.45) is 0 Å². The van der Waals surface area contributed by atoms with Gasteiger partial charge in [-0.05, 0) is 6.42 Å². The zero-order valence-corrected chi connectivity index (χ0v) is 8.14. The van der Waals surface area contributed by atoms with E-state index in [1.54, 1.807) is 0 Å². The van der Waals surface area contributed by atoms with Crippen molar-refractivity contribution in [2.45, 2.75) is 32.1 Å². The lowest BCUT2D eigenvalue weighted by Crippen LogP contribution is -2.33.